The van der Waals surface area contributed by atoms with Gasteiger partial charge in [-0.05, 0) is 32.3 Å². The summed E-state index contributed by atoms with van der Waals surface area (Å²) in [6, 6.07) is 0. The lowest BCUT2D eigenvalue weighted by Gasteiger charge is -2.22. The van der Waals surface area contributed by atoms with Crippen molar-refractivity contribution in [3.63, 3.8) is 0 Å². The number of rotatable bonds is 4. The number of aromatic nitrogens is 5. The smallest absolute Gasteiger partial charge is 0.346 e. The largest absolute Gasteiger partial charge is 0.453 e. The molecule has 4 heterocycles. The van der Waals surface area contributed by atoms with E-state index >= 15 is 0 Å². The maximum absolute atomic E-state index is 12.9. The lowest BCUT2D eigenvalue weighted by molar-refractivity contribution is -0.144. The van der Waals surface area contributed by atoms with E-state index in [9.17, 15) is 18.0 Å². The van der Waals surface area contributed by atoms with Gasteiger partial charge < -0.3 is 9.80 Å². The molecule has 0 atom stereocenters. The average Bonchev–Trinajstić information content (AvgIpc) is 3.33. The summed E-state index contributed by atoms with van der Waals surface area (Å²) in [7, 11) is 0. The van der Waals surface area contributed by atoms with Crippen molar-refractivity contribution >= 4 is 28.2 Å². The molecule has 0 aromatic carbocycles. The molecule has 0 radical (unpaired) electrons. The molecule has 0 saturated carbocycles. The number of aryl methyl sites for hydroxylation is 2. The van der Waals surface area contributed by atoms with Crippen LogP contribution in [0.5, 0.6) is 0 Å². The number of carbonyl (C=O) groups is 1. The number of hydrogen-bond donors (Lipinski definition) is 0. The summed E-state index contributed by atoms with van der Waals surface area (Å²) in [6.07, 6.45) is -1.37. The molecule has 1 aliphatic heterocycles. The second kappa shape index (κ2) is 8.40. The number of anilines is 1. The van der Waals surface area contributed by atoms with Gasteiger partial charge in [0.1, 0.15) is 0 Å². The first-order chi connectivity index (χ1) is 14.7. The molecule has 1 amide bonds. The summed E-state index contributed by atoms with van der Waals surface area (Å²) in [4.78, 5) is 28.9. The number of thiazole rings is 1. The van der Waals surface area contributed by atoms with Gasteiger partial charge in [-0.3, -0.25) is 4.79 Å². The monoisotopic (exact) mass is 453 g/mol. The standard InChI is InChI=1S/C19H22F3N7OS/c1-12-14(13(2)29-17(24-12)25-16(26-29)19(20,21)22)4-5-15(30)27-7-3-8-28(10-9-27)18-23-6-11-31-18/h6,11H,3-5,7-10H2,1-2H3. The fourth-order valence-corrected chi connectivity index (χ4v) is 4.51. The Morgan fingerprint density at radius 1 is 1.16 bits per heavy atom. The summed E-state index contributed by atoms with van der Waals surface area (Å²) in [6.45, 7) is 6.26. The van der Waals surface area contributed by atoms with Crippen molar-refractivity contribution in [1.29, 1.82) is 0 Å². The zero-order valence-electron chi connectivity index (χ0n) is 17.2. The van der Waals surface area contributed by atoms with Crippen LogP contribution in [0.3, 0.4) is 0 Å². The molecule has 0 bridgehead atoms. The van der Waals surface area contributed by atoms with Crippen LogP contribution < -0.4 is 4.90 Å². The lowest BCUT2D eigenvalue weighted by atomic mass is 10.1. The van der Waals surface area contributed by atoms with Gasteiger partial charge in [0.25, 0.3) is 11.6 Å². The maximum atomic E-state index is 12.9. The summed E-state index contributed by atoms with van der Waals surface area (Å²) in [5.41, 5.74) is 1.80. The Hall–Kier alpha value is -2.76. The van der Waals surface area contributed by atoms with E-state index in [1.54, 1.807) is 31.4 Å². The van der Waals surface area contributed by atoms with Crippen molar-refractivity contribution in [1.82, 2.24) is 29.5 Å². The average molecular weight is 453 g/mol. The molecule has 1 saturated heterocycles. The Labute approximate surface area is 180 Å². The van der Waals surface area contributed by atoms with E-state index in [1.807, 2.05) is 10.3 Å². The Morgan fingerprint density at radius 3 is 2.68 bits per heavy atom. The number of nitrogens with zero attached hydrogens (tertiary/aromatic N) is 7. The van der Waals surface area contributed by atoms with Crippen LogP contribution in [-0.2, 0) is 17.4 Å². The zero-order valence-corrected chi connectivity index (χ0v) is 18.0. The minimum absolute atomic E-state index is 0.0226. The molecule has 3 aromatic rings. The Balaban J connectivity index is 1.44. The van der Waals surface area contributed by atoms with Gasteiger partial charge in [-0.25, -0.2) is 14.5 Å². The normalized spacial score (nSPS) is 15.5. The third-order valence-electron chi connectivity index (χ3n) is 5.43. The van der Waals surface area contributed by atoms with Crippen LogP contribution >= 0.6 is 11.3 Å². The van der Waals surface area contributed by atoms with E-state index in [2.05, 4.69) is 25.0 Å². The van der Waals surface area contributed by atoms with Gasteiger partial charge in [-0.2, -0.15) is 18.2 Å². The highest BCUT2D eigenvalue weighted by atomic mass is 32.1. The van der Waals surface area contributed by atoms with E-state index in [0.717, 1.165) is 34.7 Å². The van der Waals surface area contributed by atoms with Gasteiger partial charge in [0, 0.05) is 55.6 Å². The van der Waals surface area contributed by atoms with E-state index in [4.69, 9.17) is 0 Å². The first-order valence-corrected chi connectivity index (χ1v) is 10.8. The second-order valence-corrected chi connectivity index (χ2v) is 8.32. The molecule has 12 heteroatoms. The molecule has 0 unspecified atom stereocenters. The summed E-state index contributed by atoms with van der Waals surface area (Å²) in [5, 5.41) is 6.46. The Kier molecular flexibility index (Phi) is 5.82. The van der Waals surface area contributed by atoms with Gasteiger partial charge in [-0.15, -0.1) is 16.4 Å². The molecule has 0 N–H and O–H groups in total. The number of hydrogen-bond acceptors (Lipinski definition) is 7. The molecule has 166 valence electrons. The van der Waals surface area contributed by atoms with Crippen LogP contribution in [0.2, 0.25) is 0 Å². The van der Waals surface area contributed by atoms with Crippen LogP contribution in [0, 0.1) is 13.8 Å². The Bertz CT molecular complexity index is 1080. The van der Waals surface area contributed by atoms with Crippen LogP contribution in [0.4, 0.5) is 18.3 Å². The van der Waals surface area contributed by atoms with Crippen molar-refractivity contribution in [3.05, 3.63) is 34.4 Å². The maximum Gasteiger partial charge on any atom is 0.453 e. The van der Waals surface area contributed by atoms with Crippen LogP contribution in [-0.4, -0.2) is 61.6 Å². The quantitative estimate of drug-likeness (QED) is 0.605. The molecule has 0 aliphatic carbocycles. The second-order valence-electron chi connectivity index (χ2n) is 7.44. The van der Waals surface area contributed by atoms with Crippen molar-refractivity contribution in [2.24, 2.45) is 0 Å². The minimum Gasteiger partial charge on any atom is -0.346 e. The molecule has 0 spiro atoms. The molecule has 8 nitrogen and oxygen atoms in total. The fourth-order valence-electron chi connectivity index (χ4n) is 3.81. The van der Waals surface area contributed by atoms with Gasteiger partial charge in [0.05, 0.1) is 0 Å². The summed E-state index contributed by atoms with van der Waals surface area (Å²) >= 11 is 1.58. The Morgan fingerprint density at radius 2 is 1.97 bits per heavy atom. The first-order valence-electron chi connectivity index (χ1n) is 9.96. The third kappa shape index (κ3) is 4.48. The predicted octanol–water partition coefficient (Wildman–Crippen LogP) is 2.89. The van der Waals surface area contributed by atoms with Crippen LogP contribution in [0.25, 0.3) is 5.78 Å². The molecule has 3 aromatic heterocycles. The number of carbonyl (C=O) groups excluding carboxylic acids is 1. The SMILES string of the molecule is Cc1nc2nc(C(F)(F)F)nn2c(C)c1CCC(=O)N1CCCN(c2nccs2)CC1. The van der Waals surface area contributed by atoms with E-state index < -0.39 is 12.0 Å². The number of fused-ring (bicyclic) bond motifs is 1. The van der Waals surface area contributed by atoms with Gasteiger partial charge in [0.15, 0.2) is 5.13 Å². The van der Waals surface area contributed by atoms with Crippen molar-refractivity contribution < 1.29 is 18.0 Å². The van der Waals surface area contributed by atoms with Crippen LogP contribution in [0.1, 0.15) is 35.6 Å². The van der Waals surface area contributed by atoms with Gasteiger partial charge >= 0.3 is 6.18 Å². The number of halogens is 3. The zero-order chi connectivity index (χ0) is 22.2. The fraction of sp³-hybridized carbons (Fsp3) is 0.526. The number of alkyl halides is 3. The highest BCUT2D eigenvalue weighted by Crippen LogP contribution is 2.27. The third-order valence-corrected chi connectivity index (χ3v) is 6.26. The molecule has 31 heavy (non-hydrogen) atoms. The molecule has 1 fully saturated rings. The van der Waals surface area contributed by atoms with Crippen molar-refractivity contribution in [3.8, 4) is 0 Å². The predicted molar refractivity (Wildman–Crippen MR) is 109 cm³/mol. The van der Waals surface area contributed by atoms with Gasteiger partial charge in [0.2, 0.25) is 5.91 Å². The lowest BCUT2D eigenvalue weighted by Crippen LogP contribution is -2.35. The van der Waals surface area contributed by atoms with Crippen molar-refractivity contribution in [2.45, 2.75) is 39.3 Å². The summed E-state index contributed by atoms with van der Waals surface area (Å²) in [5.74, 6) is -1.29. The van der Waals surface area contributed by atoms with Gasteiger partial charge in [-0.1, -0.05) is 0 Å². The molecule has 1 aliphatic rings. The molecular weight excluding hydrogens is 431 g/mol. The van der Waals surface area contributed by atoms with Crippen molar-refractivity contribution in [2.75, 3.05) is 31.1 Å². The van der Waals surface area contributed by atoms with E-state index in [1.165, 1.54) is 0 Å². The highest BCUT2D eigenvalue weighted by Gasteiger charge is 2.37. The minimum atomic E-state index is -4.64. The molecular formula is C19H22F3N7OS. The first kappa shape index (κ1) is 21.5. The van der Waals surface area contributed by atoms with Crippen LogP contribution in [0.15, 0.2) is 11.6 Å². The topological polar surface area (TPSA) is 79.5 Å². The number of amides is 1. The molecule has 4 rings (SSSR count). The van der Waals surface area contributed by atoms with E-state index in [-0.39, 0.29) is 18.1 Å². The summed E-state index contributed by atoms with van der Waals surface area (Å²) < 4.78 is 39.9. The van der Waals surface area contributed by atoms with E-state index in [0.29, 0.717) is 30.9 Å². The highest BCUT2D eigenvalue weighted by molar-refractivity contribution is 7.13.